The maximum absolute atomic E-state index is 12.9. The highest BCUT2D eigenvalue weighted by Gasteiger charge is 2.19. The van der Waals surface area contributed by atoms with Crippen molar-refractivity contribution in [2.75, 3.05) is 26.2 Å². The number of nitrogens with zero attached hydrogens (tertiary/aromatic N) is 3. The molecule has 6 nitrogen and oxygen atoms in total. The Morgan fingerprint density at radius 2 is 1.83 bits per heavy atom. The van der Waals surface area contributed by atoms with Gasteiger partial charge in [0.1, 0.15) is 5.82 Å². The van der Waals surface area contributed by atoms with E-state index in [0.717, 1.165) is 70.0 Å². The van der Waals surface area contributed by atoms with Gasteiger partial charge in [-0.25, -0.2) is 4.98 Å². The molecular formula is C29H36N4O2. The van der Waals surface area contributed by atoms with Crippen molar-refractivity contribution < 1.29 is 4.79 Å². The summed E-state index contributed by atoms with van der Waals surface area (Å²) in [4.78, 5) is 32.9. The molecule has 3 heterocycles. The van der Waals surface area contributed by atoms with Crippen molar-refractivity contribution in [3.8, 4) is 0 Å². The SMILES string of the molecule is O=C(NCCCN1CCC(Cc2ccccc2)CC1)c1ccc2c(=O)n3c(nc2c1)CCCCC3. The first-order chi connectivity index (χ1) is 17.2. The summed E-state index contributed by atoms with van der Waals surface area (Å²) in [5.41, 5.74) is 2.67. The van der Waals surface area contributed by atoms with Gasteiger partial charge < -0.3 is 10.2 Å². The van der Waals surface area contributed by atoms with E-state index >= 15 is 0 Å². The lowest BCUT2D eigenvalue weighted by Crippen LogP contribution is -2.36. The van der Waals surface area contributed by atoms with Crippen LogP contribution in [0.25, 0.3) is 10.9 Å². The number of hydrogen-bond donors (Lipinski definition) is 1. The monoisotopic (exact) mass is 472 g/mol. The molecule has 1 aromatic heterocycles. The Kier molecular flexibility index (Phi) is 7.57. The highest BCUT2D eigenvalue weighted by Crippen LogP contribution is 2.22. The van der Waals surface area contributed by atoms with Crippen molar-refractivity contribution in [1.29, 1.82) is 0 Å². The quantitative estimate of drug-likeness (QED) is 0.524. The predicted octanol–water partition coefficient (Wildman–Crippen LogP) is 4.20. The number of carbonyl (C=O) groups is 1. The lowest BCUT2D eigenvalue weighted by Gasteiger charge is -2.32. The molecule has 0 saturated carbocycles. The van der Waals surface area contributed by atoms with Gasteiger partial charge in [-0.15, -0.1) is 0 Å². The first-order valence-electron chi connectivity index (χ1n) is 13.3. The van der Waals surface area contributed by atoms with Crippen molar-refractivity contribution in [1.82, 2.24) is 19.8 Å². The van der Waals surface area contributed by atoms with Gasteiger partial charge in [-0.2, -0.15) is 0 Å². The second-order valence-corrected chi connectivity index (χ2v) is 10.1. The van der Waals surface area contributed by atoms with E-state index < -0.39 is 0 Å². The maximum atomic E-state index is 12.9. The Morgan fingerprint density at radius 1 is 1.00 bits per heavy atom. The summed E-state index contributed by atoms with van der Waals surface area (Å²) in [7, 11) is 0. The van der Waals surface area contributed by atoms with Crippen molar-refractivity contribution in [2.24, 2.45) is 5.92 Å². The number of nitrogens with one attached hydrogen (secondary N) is 1. The minimum atomic E-state index is -0.0923. The number of likely N-dealkylation sites (tertiary alicyclic amines) is 1. The minimum Gasteiger partial charge on any atom is -0.352 e. The molecule has 1 amide bonds. The van der Waals surface area contributed by atoms with Crippen LogP contribution in [0.1, 0.15) is 60.3 Å². The third-order valence-electron chi connectivity index (χ3n) is 7.59. The van der Waals surface area contributed by atoms with Crippen LogP contribution in [-0.4, -0.2) is 46.5 Å². The van der Waals surface area contributed by atoms with Gasteiger partial charge in [0.25, 0.3) is 11.5 Å². The van der Waals surface area contributed by atoms with E-state index in [-0.39, 0.29) is 11.5 Å². The number of aryl methyl sites for hydroxylation is 1. The van der Waals surface area contributed by atoms with Crippen LogP contribution in [-0.2, 0) is 19.4 Å². The molecule has 0 bridgehead atoms. The van der Waals surface area contributed by atoms with Crippen LogP contribution in [0.3, 0.4) is 0 Å². The van der Waals surface area contributed by atoms with E-state index in [0.29, 0.717) is 23.0 Å². The molecule has 184 valence electrons. The van der Waals surface area contributed by atoms with Gasteiger partial charge in [-0.05, 0) is 87.8 Å². The Balaban J connectivity index is 1.09. The topological polar surface area (TPSA) is 67.2 Å². The average molecular weight is 473 g/mol. The Bertz CT molecular complexity index is 1210. The zero-order valence-corrected chi connectivity index (χ0v) is 20.5. The summed E-state index contributed by atoms with van der Waals surface area (Å²) in [5, 5.41) is 3.65. The lowest BCUT2D eigenvalue weighted by atomic mass is 9.90. The van der Waals surface area contributed by atoms with E-state index in [1.165, 1.54) is 24.8 Å². The fourth-order valence-electron chi connectivity index (χ4n) is 5.53. The van der Waals surface area contributed by atoms with Crippen molar-refractivity contribution in [3.63, 3.8) is 0 Å². The molecule has 0 radical (unpaired) electrons. The summed E-state index contributed by atoms with van der Waals surface area (Å²) in [6, 6.07) is 16.1. The van der Waals surface area contributed by atoms with Crippen LogP contribution < -0.4 is 10.9 Å². The summed E-state index contributed by atoms with van der Waals surface area (Å²) in [6.07, 6.45) is 8.64. The minimum absolute atomic E-state index is 0.0198. The molecule has 1 N–H and O–H groups in total. The van der Waals surface area contributed by atoms with Gasteiger partial charge in [0.15, 0.2) is 0 Å². The number of hydrogen-bond acceptors (Lipinski definition) is 4. The maximum Gasteiger partial charge on any atom is 0.261 e. The Hall–Kier alpha value is -2.99. The lowest BCUT2D eigenvalue weighted by molar-refractivity contribution is 0.0950. The third kappa shape index (κ3) is 5.81. The number of rotatable bonds is 7. The highest BCUT2D eigenvalue weighted by molar-refractivity contribution is 5.97. The van der Waals surface area contributed by atoms with E-state index in [1.54, 1.807) is 18.2 Å². The first kappa shape index (κ1) is 23.7. The average Bonchev–Trinajstić information content (AvgIpc) is 3.14. The molecule has 35 heavy (non-hydrogen) atoms. The number of aromatic nitrogens is 2. The molecule has 0 spiro atoms. The van der Waals surface area contributed by atoms with Crippen LogP contribution in [0, 0.1) is 5.92 Å². The highest BCUT2D eigenvalue weighted by atomic mass is 16.1. The van der Waals surface area contributed by atoms with Crippen LogP contribution in [0.2, 0.25) is 0 Å². The van der Waals surface area contributed by atoms with Crippen molar-refractivity contribution >= 4 is 16.8 Å². The van der Waals surface area contributed by atoms with E-state index in [2.05, 4.69) is 40.5 Å². The largest absolute Gasteiger partial charge is 0.352 e. The molecule has 0 unspecified atom stereocenters. The molecule has 1 saturated heterocycles. The molecule has 0 aliphatic carbocycles. The molecule has 2 aliphatic rings. The molecule has 1 fully saturated rings. The van der Waals surface area contributed by atoms with Crippen molar-refractivity contribution in [2.45, 2.75) is 57.9 Å². The fourth-order valence-corrected chi connectivity index (χ4v) is 5.53. The van der Waals surface area contributed by atoms with E-state index in [1.807, 2.05) is 4.57 Å². The van der Waals surface area contributed by atoms with Crippen LogP contribution in [0.15, 0.2) is 53.3 Å². The second-order valence-electron chi connectivity index (χ2n) is 10.1. The molecule has 5 rings (SSSR count). The fraction of sp³-hybridized carbons (Fsp3) is 0.483. The number of carbonyl (C=O) groups excluding carboxylic acids is 1. The second kappa shape index (κ2) is 11.2. The zero-order valence-electron chi connectivity index (χ0n) is 20.5. The van der Waals surface area contributed by atoms with Gasteiger partial charge in [0.2, 0.25) is 0 Å². The number of piperidine rings is 1. The van der Waals surface area contributed by atoms with Gasteiger partial charge in [-0.3, -0.25) is 14.2 Å². The number of amides is 1. The summed E-state index contributed by atoms with van der Waals surface area (Å²) >= 11 is 0. The molecule has 2 aliphatic heterocycles. The smallest absolute Gasteiger partial charge is 0.261 e. The standard InChI is InChI=1S/C29H36N4O2/c34-28(24-11-12-25-26(21-24)31-27-10-5-2-6-17-33(27)29(25)35)30-15-7-16-32-18-13-23(14-19-32)20-22-8-3-1-4-9-22/h1,3-4,8-9,11-12,21,23H,2,5-7,10,13-20H2,(H,30,34). The number of fused-ring (bicyclic) bond motifs is 2. The van der Waals surface area contributed by atoms with Crippen molar-refractivity contribution in [3.05, 3.63) is 75.8 Å². The zero-order chi connectivity index (χ0) is 24.0. The van der Waals surface area contributed by atoms with Gasteiger partial charge in [0.05, 0.1) is 10.9 Å². The van der Waals surface area contributed by atoms with Gasteiger partial charge in [0, 0.05) is 25.1 Å². The summed E-state index contributed by atoms with van der Waals surface area (Å²) in [5.74, 6) is 1.54. The van der Waals surface area contributed by atoms with Crippen LogP contribution in [0.4, 0.5) is 0 Å². The number of benzene rings is 2. The molecular weight excluding hydrogens is 436 g/mol. The predicted molar refractivity (Wildman–Crippen MR) is 140 cm³/mol. The van der Waals surface area contributed by atoms with E-state index in [4.69, 9.17) is 4.98 Å². The Labute approximate surface area is 207 Å². The normalized spacial score (nSPS) is 17.1. The Morgan fingerprint density at radius 3 is 2.66 bits per heavy atom. The van der Waals surface area contributed by atoms with Crippen LogP contribution in [0.5, 0.6) is 0 Å². The molecule has 3 aromatic rings. The molecule has 6 heteroatoms. The summed E-state index contributed by atoms with van der Waals surface area (Å²) in [6.45, 7) is 4.69. The third-order valence-corrected chi connectivity index (χ3v) is 7.59. The van der Waals surface area contributed by atoms with Crippen LogP contribution >= 0.6 is 0 Å². The van der Waals surface area contributed by atoms with Gasteiger partial charge in [-0.1, -0.05) is 36.8 Å². The van der Waals surface area contributed by atoms with Gasteiger partial charge >= 0.3 is 0 Å². The molecule has 0 atom stereocenters. The summed E-state index contributed by atoms with van der Waals surface area (Å²) < 4.78 is 1.82. The first-order valence-corrected chi connectivity index (χ1v) is 13.3. The molecule has 2 aromatic carbocycles. The van der Waals surface area contributed by atoms with E-state index in [9.17, 15) is 9.59 Å².